The van der Waals surface area contributed by atoms with Gasteiger partial charge in [-0.05, 0) is 80.8 Å². The smallest absolute Gasteiger partial charge is 0.311 e. The summed E-state index contributed by atoms with van der Waals surface area (Å²) < 4.78 is 45.1. The van der Waals surface area contributed by atoms with Crippen molar-refractivity contribution < 1.29 is 58.4 Å². The monoisotopic (exact) mass is 717 g/mol. The van der Waals surface area contributed by atoms with E-state index in [4.69, 9.17) is 33.2 Å². The number of ether oxygens (including phenoxy) is 7. The average molecular weight is 718 g/mol. The van der Waals surface area contributed by atoms with Gasteiger partial charge in [-0.3, -0.25) is 4.79 Å². The van der Waals surface area contributed by atoms with Gasteiger partial charge in [-0.25, -0.2) is 0 Å². The summed E-state index contributed by atoms with van der Waals surface area (Å²) in [5.74, 6) is -2.67. The van der Waals surface area contributed by atoms with Crippen LogP contribution in [0.15, 0.2) is 0 Å². The molecule has 2 bridgehead atoms. The number of hydrogen-bond acceptors (Lipinski definition) is 13. The Morgan fingerprint density at radius 3 is 2.24 bits per heavy atom. The van der Waals surface area contributed by atoms with Crippen molar-refractivity contribution in [3.63, 3.8) is 0 Å². The fraction of sp³-hybridized carbons (Fsp3) is 0.973. The minimum atomic E-state index is -1.78. The Balaban J connectivity index is 1.82. The van der Waals surface area contributed by atoms with Crippen LogP contribution in [0.1, 0.15) is 94.9 Å². The van der Waals surface area contributed by atoms with Crippen LogP contribution in [0.25, 0.3) is 0 Å². The van der Waals surface area contributed by atoms with Gasteiger partial charge < -0.3 is 58.5 Å². The summed E-state index contributed by atoms with van der Waals surface area (Å²) in [6, 6.07) is -0.213. The van der Waals surface area contributed by atoms with Gasteiger partial charge in [-0.15, -0.1) is 0 Å². The van der Waals surface area contributed by atoms with Crippen LogP contribution >= 0.6 is 0 Å². The molecular formula is C37H67NO12. The number of fused-ring (bicyclic) bond motifs is 2. The molecule has 13 heteroatoms. The highest BCUT2D eigenvalue weighted by atomic mass is 16.7. The van der Waals surface area contributed by atoms with Crippen LogP contribution in [0.2, 0.25) is 0 Å². The van der Waals surface area contributed by atoms with E-state index in [1.165, 1.54) is 14.0 Å². The highest BCUT2D eigenvalue weighted by molar-refractivity contribution is 5.73. The third-order valence-corrected chi connectivity index (χ3v) is 12.4. The molecule has 50 heavy (non-hydrogen) atoms. The molecular weight excluding hydrogens is 650 g/mol. The van der Waals surface area contributed by atoms with Gasteiger partial charge in [0.05, 0.1) is 53.7 Å². The van der Waals surface area contributed by atoms with E-state index in [0.717, 1.165) is 0 Å². The number of rotatable bonds is 9. The summed E-state index contributed by atoms with van der Waals surface area (Å²) in [6.45, 7) is 18.3. The molecule has 4 fully saturated rings. The minimum Gasteiger partial charge on any atom is -0.459 e. The van der Waals surface area contributed by atoms with E-state index in [2.05, 4.69) is 6.92 Å². The normalized spacial score (nSPS) is 49.6. The topological polar surface area (TPSA) is 166 Å². The van der Waals surface area contributed by atoms with E-state index in [1.807, 2.05) is 46.7 Å². The molecule has 4 N–H and O–H groups in total. The molecule has 0 aromatic heterocycles. The SMILES string of the molecule is CC[C@@H](O)[C@@](C)(O)[C@@H]1OC(=O)[C@H](C)[C@@H](O[C@H]2CC(C)(OC)[C@@H](O)C(C)O2)[C@H](C)[C@@H](O[C@@H]2OC(C)CC(N(C)C)C2O)[C@@]2(C)CC(C)C(O2)[C@@H]1C. The van der Waals surface area contributed by atoms with Crippen molar-refractivity contribution >= 4 is 5.97 Å². The van der Waals surface area contributed by atoms with E-state index in [1.54, 1.807) is 27.7 Å². The van der Waals surface area contributed by atoms with Crippen molar-refractivity contribution in [2.75, 3.05) is 21.2 Å². The zero-order chi connectivity index (χ0) is 37.7. The van der Waals surface area contributed by atoms with Crippen molar-refractivity contribution in [3.05, 3.63) is 0 Å². The van der Waals surface area contributed by atoms with Crippen LogP contribution < -0.4 is 0 Å². The maximum Gasteiger partial charge on any atom is 0.311 e. The summed E-state index contributed by atoms with van der Waals surface area (Å²) in [5.41, 5.74) is -3.72. The van der Waals surface area contributed by atoms with E-state index in [-0.39, 0.29) is 30.9 Å². The molecule has 292 valence electrons. The van der Waals surface area contributed by atoms with E-state index >= 15 is 0 Å². The zero-order valence-electron chi connectivity index (χ0n) is 32.6. The van der Waals surface area contributed by atoms with Crippen molar-refractivity contribution in [1.29, 1.82) is 0 Å². The number of carbonyl (C=O) groups excluding carboxylic acids is 1. The maximum absolute atomic E-state index is 14.3. The van der Waals surface area contributed by atoms with Gasteiger partial charge in [0.25, 0.3) is 0 Å². The van der Waals surface area contributed by atoms with Crippen LogP contribution in [0.4, 0.5) is 0 Å². The summed E-state index contributed by atoms with van der Waals surface area (Å²) in [6.07, 6.45) is -7.36. The second-order valence-corrected chi connectivity index (χ2v) is 16.8. The second kappa shape index (κ2) is 15.8. The molecule has 0 aliphatic carbocycles. The Labute approximate surface area is 299 Å². The molecule has 4 rings (SSSR count). The zero-order valence-corrected chi connectivity index (χ0v) is 32.6. The van der Waals surface area contributed by atoms with Gasteiger partial charge in [0, 0.05) is 31.4 Å². The van der Waals surface area contributed by atoms with Gasteiger partial charge in [0.15, 0.2) is 12.6 Å². The largest absolute Gasteiger partial charge is 0.459 e. The number of aliphatic hydroxyl groups is 4. The summed E-state index contributed by atoms with van der Waals surface area (Å²) >= 11 is 0. The van der Waals surface area contributed by atoms with Crippen LogP contribution in [-0.4, -0.2) is 143 Å². The van der Waals surface area contributed by atoms with Gasteiger partial charge in [0.2, 0.25) is 0 Å². The van der Waals surface area contributed by atoms with Crippen molar-refractivity contribution in [1.82, 2.24) is 4.90 Å². The molecule has 4 aliphatic heterocycles. The Kier molecular flexibility index (Phi) is 13.2. The lowest BCUT2D eigenvalue weighted by Crippen LogP contribution is -2.60. The molecule has 7 unspecified atom stereocenters. The van der Waals surface area contributed by atoms with Crippen LogP contribution in [0.5, 0.6) is 0 Å². The standard InChI is InChI=1S/C37H67NO12/c1-14-25(39)37(10,43)32-20(4)28-18(2)16-36(9,50-28)31(49-34-27(40)24(38(11)12)15-19(3)45-34)21(5)29(22(6)33(42)48-32)47-26-17-35(8,44-13)30(41)23(7)46-26/h18-32,34,39-41,43H,14-17H2,1-13H3/t18?,19?,20-,21-,22+,23?,24?,25+,26-,27?,28?,29-,30-,31+,32+,34-,35?,36+,37+/m0/s1. The fourth-order valence-electron chi connectivity index (χ4n) is 9.20. The molecule has 0 amide bonds. The Bertz CT molecular complexity index is 1140. The number of hydrogen-bond donors (Lipinski definition) is 4. The van der Waals surface area contributed by atoms with Gasteiger partial charge in [-0.1, -0.05) is 27.7 Å². The number of likely N-dealkylation sites (N-methyl/N-ethyl adjacent to an activating group) is 1. The third-order valence-electron chi connectivity index (χ3n) is 12.4. The highest BCUT2D eigenvalue weighted by Gasteiger charge is 2.59. The molecule has 13 nitrogen and oxygen atoms in total. The molecule has 0 saturated carbocycles. The lowest BCUT2D eigenvalue weighted by Gasteiger charge is -2.48. The average Bonchev–Trinajstić information content (AvgIpc) is 3.36. The second-order valence-electron chi connectivity index (χ2n) is 16.8. The van der Waals surface area contributed by atoms with Gasteiger partial charge in [0.1, 0.15) is 23.9 Å². The van der Waals surface area contributed by atoms with Gasteiger partial charge >= 0.3 is 5.97 Å². The van der Waals surface area contributed by atoms with Crippen LogP contribution in [0.3, 0.4) is 0 Å². The highest BCUT2D eigenvalue weighted by Crippen LogP contribution is 2.48. The lowest BCUT2D eigenvalue weighted by atomic mass is 9.76. The van der Waals surface area contributed by atoms with Crippen molar-refractivity contribution in [3.8, 4) is 0 Å². The summed E-state index contributed by atoms with van der Waals surface area (Å²) in [7, 11) is 5.37. The lowest BCUT2D eigenvalue weighted by molar-refractivity contribution is -0.318. The number of carbonyl (C=O) groups is 1. The van der Waals surface area contributed by atoms with Crippen molar-refractivity contribution in [2.45, 2.75) is 185 Å². The predicted molar refractivity (Wildman–Crippen MR) is 184 cm³/mol. The molecule has 4 aliphatic rings. The summed E-state index contributed by atoms with van der Waals surface area (Å²) in [4.78, 5) is 16.3. The first-order valence-electron chi connectivity index (χ1n) is 18.6. The Morgan fingerprint density at radius 2 is 1.66 bits per heavy atom. The molecule has 19 atom stereocenters. The van der Waals surface area contributed by atoms with Crippen molar-refractivity contribution in [2.24, 2.45) is 23.7 Å². The number of aliphatic hydroxyl groups excluding tert-OH is 3. The first kappa shape index (κ1) is 41.8. The number of nitrogens with zero attached hydrogens (tertiary/aromatic N) is 1. The van der Waals surface area contributed by atoms with Gasteiger partial charge in [-0.2, -0.15) is 0 Å². The molecule has 0 radical (unpaired) electrons. The molecule has 4 saturated heterocycles. The quantitative estimate of drug-likeness (QED) is 0.258. The van der Waals surface area contributed by atoms with Crippen LogP contribution in [0, 0.1) is 23.7 Å². The predicted octanol–water partition coefficient (Wildman–Crippen LogP) is 2.62. The Morgan fingerprint density at radius 1 is 1.02 bits per heavy atom. The molecule has 4 heterocycles. The summed E-state index contributed by atoms with van der Waals surface area (Å²) in [5, 5.41) is 45.2. The fourth-order valence-corrected chi connectivity index (χ4v) is 9.20. The number of methoxy groups -OCH3 is 1. The van der Waals surface area contributed by atoms with E-state index in [9.17, 15) is 25.2 Å². The number of esters is 1. The number of cyclic esters (lactones) is 1. The maximum atomic E-state index is 14.3. The molecule has 0 aromatic carbocycles. The van der Waals surface area contributed by atoms with E-state index in [0.29, 0.717) is 12.8 Å². The van der Waals surface area contributed by atoms with Crippen LogP contribution in [-0.2, 0) is 38.0 Å². The first-order valence-corrected chi connectivity index (χ1v) is 18.6. The van der Waals surface area contributed by atoms with E-state index < -0.39 is 102 Å². The minimum absolute atomic E-state index is 0.0580. The third kappa shape index (κ3) is 8.08. The first-order chi connectivity index (χ1) is 23.1. The Hall–Kier alpha value is -0.970. The molecule has 0 spiro atoms. The molecule has 0 aromatic rings.